The largest absolute Gasteiger partial charge is 0.383 e. The smallest absolute Gasteiger partial charge is 0.178 e. The summed E-state index contributed by atoms with van der Waals surface area (Å²) < 4.78 is 33.8. The molecule has 0 saturated carbocycles. The lowest BCUT2D eigenvalue weighted by Crippen LogP contribution is -2.11. The Hall–Kier alpha value is -1.27. The molecule has 0 saturated heterocycles. The SMILES string of the molecule is COCC(C)n1c(=S)[nH]c2c(F)cc(F)cc21. The highest BCUT2D eigenvalue weighted by Crippen LogP contribution is 2.22. The third kappa shape index (κ3) is 2.10. The number of fused-ring (bicyclic) bond motifs is 1. The normalized spacial score (nSPS) is 13.2. The minimum atomic E-state index is -0.644. The van der Waals surface area contributed by atoms with Crippen molar-refractivity contribution in [1.29, 1.82) is 0 Å². The lowest BCUT2D eigenvalue weighted by Gasteiger charge is -2.13. The van der Waals surface area contributed by atoms with E-state index < -0.39 is 11.6 Å². The van der Waals surface area contributed by atoms with Crippen molar-refractivity contribution in [3.05, 3.63) is 28.5 Å². The maximum absolute atomic E-state index is 13.5. The quantitative estimate of drug-likeness (QED) is 0.857. The van der Waals surface area contributed by atoms with Gasteiger partial charge in [-0.3, -0.25) is 0 Å². The van der Waals surface area contributed by atoms with Crippen molar-refractivity contribution in [2.75, 3.05) is 13.7 Å². The Labute approximate surface area is 102 Å². The van der Waals surface area contributed by atoms with Crippen LogP contribution in [0.4, 0.5) is 8.78 Å². The van der Waals surface area contributed by atoms with Crippen LogP contribution in [0.5, 0.6) is 0 Å². The summed E-state index contributed by atoms with van der Waals surface area (Å²) in [4.78, 5) is 2.74. The fourth-order valence-corrected chi connectivity index (χ4v) is 2.28. The summed E-state index contributed by atoms with van der Waals surface area (Å²) >= 11 is 5.11. The Balaban J connectivity index is 2.70. The summed E-state index contributed by atoms with van der Waals surface area (Å²) in [7, 11) is 1.57. The van der Waals surface area contributed by atoms with E-state index in [2.05, 4.69) is 4.98 Å². The van der Waals surface area contributed by atoms with Gasteiger partial charge in [-0.1, -0.05) is 0 Å². The van der Waals surface area contributed by atoms with Crippen LogP contribution in [0.25, 0.3) is 11.0 Å². The van der Waals surface area contributed by atoms with Crippen LogP contribution in [0.3, 0.4) is 0 Å². The zero-order valence-corrected chi connectivity index (χ0v) is 10.3. The number of aromatic amines is 1. The Morgan fingerprint density at radius 1 is 1.47 bits per heavy atom. The molecule has 0 radical (unpaired) electrons. The van der Waals surface area contributed by atoms with Crippen LogP contribution >= 0.6 is 12.2 Å². The van der Waals surface area contributed by atoms with Crippen molar-refractivity contribution in [1.82, 2.24) is 9.55 Å². The number of benzene rings is 1. The van der Waals surface area contributed by atoms with Gasteiger partial charge in [0.2, 0.25) is 0 Å². The van der Waals surface area contributed by atoms with Crippen molar-refractivity contribution < 1.29 is 13.5 Å². The molecule has 1 atom stereocenters. The maximum atomic E-state index is 13.5. The second kappa shape index (κ2) is 4.54. The molecule has 0 bridgehead atoms. The summed E-state index contributed by atoms with van der Waals surface area (Å²) in [6.07, 6.45) is 0. The fraction of sp³-hybridized carbons (Fsp3) is 0.364. The maximum Gasteiger partial charge on any atom is 0.178 e. The van der Waals surface area contributed by atoms with Crippen molar-refractivity contribution in [3.8, 4) is 0 Å². The molecule has 6 heteroatoms. The topological polar surface area (TPSA) is 29.9 Å². The molecule has 0 amide bonds. The molecule has 0 aliphatic rings. The van der Waals surface area contributed by atoms with Crippen molar-refractivity contribution in [2.24, 2.45) is 0 Å². The van der Waals surface area contributed by atoms with Gasteiger partial charge in [0.25, 0.3) is 0 Å². The number of nitrogens with zero attached hydrogens (tertiary/aromatic N) is 1. The van der Waals surface area contributed by atoms with Gasteiger partial charge in [-0.15, -0.1) is 0 Å². The summed E-state index contributed by atoms with van der Waals surface area (Å²) in [6, 6.07) is 2.00. The number of H-pyrrole nitrogens is 1. The number of nitrogens with one attached hydrogen (secondary N) is 1. The summed E-state index contributed by atoms with van der Waals surface area (Å²) in [6.45, 7) is 2.29. The first-order valence-corrected chi connectivity index (χ1v) is 5.53. The van der Waals surface area contributed by atoms with Crippen LogP contribution in [0, 0.1) is 16.4 Å². The van der Waals surface area contributed by atoms with Gasteiger partial charge >= 0.3 is 0 Å². The second-order valence-electron chi connectivity index (χ2n) is 3.89. The van der Waals surface area contributed by atoms with Gasteiger partial charge in [0.15, 0.2) is 10.6 Å². The Morgan fingerprint density at radius 2 is 2.18 bits per heavy atom. The number of imidazole rings is 1. The summed E-state index contributed by atoms with van der Waals surface area (Å²) in [5, 5.41) is 0. The van der Waals surface area contributed by atoms with E-state index in [1.807, 2.05) is 6.92 Å². The van der Waals surface area contributed by atoms with Crippen LogP contribution in [-0.4, -0.2) is 23.3 Å². The van der Waals surface area contributed by atoms with E-state index in [1.54, 1.807) is 11.7 Å². The van der Waals surface area contributed by atoms with Gasteiger partial charge in [-0.2, -0.15) is 0 Å². The van der Waals surface area contributed by atoms with Crippen LogP contribution in [0.15, 0.2) is 12.1 Å². The number of rotatable bonds is 3. The van der Waals surface area contributed by atoms with E-state index in [0.717, 1.165) is 6.07 Å². The zero-order chi connectivity index (χ0) is 12.6. The molecule has 0 aliphatic heterocycles. The fourth-order valence-electron chi connectivity index (χ4n) is 1.90. The van der Waals surface area contributed by atoms with Crippen molar-refractivity contribution in [3.63, 3.8) is 0 Å². The average Bonchev–Trinajstić information content (AvgIpc) is 2.55. The minimum absolute atomic E-state index is 0.0950. The van der Waals surface area contributed by atoms with Gasteiger partial charge < -0.3 is 14.3 Å². The zero-order valence-electron chi connectivity index (χ0n) is 9.46. The van der Waals surface area contributed by atoms with E-state index in [9.17, 15) is 8.78 Å². The van der Waals surface area contributed by atoms with E-state index in [-0.39, 0.29) is 11.6 Å². The highest BCUT2D eigenvalue weighted by molar-refractivity contribution is 7.71. The van der Waals surface area contributed by atoms with Crippen LogP contribution in [0.2, 0.25) is 0 Å². The van der Waals surface area contributed by atoms with Gasteiger partial charge in [0, 0.05) is 13.2 Å². The number of ether oxygens (including phenoxy) is 1. The first kappa shape index (κ1) is 12.2. The Morgan fingerprint density at radius 3 is 2.82 bits per heavy atom. The number of halogens is 2. The minimum Gasteiger partial charge on any atom is -0.383 e. The van der Waals surface area contributed by atoms with Gasteiger partial charge in [0.1, 0.15) is 11.3 Å². The standard InChI is InChI=1S/C11H12F2N2OS/c1-6(5-16-2)15-9-4-7(12)3-8(13)10(9)14-11(15)17/h3-4,6H,5H2,1-2H3,(H,14,17). The number of hydrogen-bond acceptors (Lipinski definition) is 2. The third-order valence-corrected chi connectivity index (χ3v) is 2.89. The molecule has 3 nitrogen and oxygen atoms in total. The van der Waals surface area contributed by atoms with Gasteiger partial charge in [-0.05, 0) is 25.2 Å². The lowest BCUT2D eigenvalue weighted by atomic mass is 10.2. The molecule has 0 fully saturated rings. The molecule has 2 rings (SSSR count). The molecule has 92 valence electrons. The van der Waals surface area contributed by atoms with Crippen molar-refractivity contribution in [2.45, 2.75) is 13.0 Å². The number of hydrogen-bond donors (Lipinski definition) is 1. The lowest BCUT2D eigenvalue weighted by molar-refractivity contribution is 0.163. The molecule has 1 heterocycles. The molecule has 17 heavy (non-hydrogen) atoms. The van der Waals surface area contributed by atoms with E-state index in [4.69, 9.17) is 17.0 Å². The molecule has 0 aliphatic carbocycles. The van der Waals surface area contributed by atoms with Gasteiger partial charge in [-0.25, -0.2) is 8.78 Å². The first-order chi connectivity index (χ1) is 8.04. The van der Waals surface area contributed by atoms with Gasteiger partial charge in [0.05, 0.1) is 18.2 Å². The highest BCUT2D eigenvalue weighted by Gasteiger charge is 2.14. The molecular weight excluding hydrogens is 246 g/mol. The highest BCUT2D eigenvalue weighted by atomic mass is 32.1. The molecule has 1 aromatic carbocycles. The third-order valence-electron chi connectivity index (χ3n) is 2.59. The number of aromatic nitrogens is 2. The molecule has 0 spiro atoms. The predicted octanol–water partition coefficient (Wildman–Crippen LogP) is 3.18. The van der Waals surface area contributed by atoms with E-state index >= 15 is 0 Å². The Bertz CT molecular complexity index is 605. The molecule has 1 unspecified atom stereocenters. The average molecular weight is 258 g/mol. The summed E-state index contributed by atoms with van der Waals surface area (Å²) in [5.41, 5.74) is 0.636. The summed E-state index contributed by atoms with van der Waals surface area (Å²) in [5.74, 6) is -1.27. The molecule has 1 aromatic heterocycles. The first-order valence-electron chi connectivity index (χ1n) is 5.12. The molecule has 2 aromatic rings. The van der Waals surface area contributed by atoms with E-state index in [1.165, 1.54) is 6.07 Å². The predicted molar refractivity (Wildman–Crippen MR) is 63.6 cm³/mol. The second-order valence-corrected chi connectivity index (χ2v) is 4.27. The number of methoxy groups -OCH3 is 1. The monoisotopic (exact) mass is 258 g/mol. The van der Waals surface area contributed by atoms with Crippen LogP contribution in [0.1, 0.15) is 13.0 Å². The van der Waals surface area contributed by atoms with Crippen molar-refractivity contribution >= 4 is 23.3 Å². The Kier molecular flexibility index (Phi) is 3.26. The van der Waals surface area contributed by atoms with Crippen LogP contribution < -0.4 is 0 Å². The molecular formula is C11H12F2N2OS. The van der Waals surface area contributed by atoms with Crippen LogP contribution in [-0.2, 0) is 4.74 Å². The molecule has 1 N–H and O–H groups in total. The van der Waals surface area contributed by atoms with E-state index in [0.29, 0.717) is 16.9 Å².